The maximum Gasteiger partial charge on any atom is 0.260 e. The van der Waals surface area contributed by atoms with Gasteiger partial charge in [0, 0.05) is 19.1 Å². The molecule has 4 nitrogen and oxygen atoms in total. The molecular weight excluding hydrogens is 264 g/mol. The highest BCUT2D eigenvalue weighted by atomic mass is 35.5. The molecule has 5 heteroatoms. The Morgan fingerprint density at radius 3 is 2.74 bits per heavy atom. The standard InChI is InChI=1S/C14H19ClN2O2/c1-10(16)11-4-5-13(12(15)8-11)19-9-14(18)17-6-2-3-7-17/h4-5,8,10H,2-3,6-7,9,16H2,1H3/t10-/m1/s1. The Hall–Kier alpha value is -1.26. The highest BCUT2D eigenvalue weighted by Gasteiger charge is 2.18. The van der Waals surface area contributed by atoms with Gasteiger partial charge in [0.25, 0.3) is 5.91 Å². The van der Waals surface area contributed by atoms with E-state index in [1.54, 1.807) is 12.1 Å². The van der Waals surface area contributed by atoms with E-state index >= 15 is 0 Å². The fourth-order valence-electron chi connectivity index (χ4n) is 2.11. The lowest BCUT2D eigenvalue weighted by Crippen LogP contribution is -2.32. The van der Waals surface area contributed by atoms with Gasteiger partial charge in [-0.05, 0) is 37.5 Å². The highest BCUT2D eigenvalue weighted by Crippen LogP contribution is 2.27. The van der Waals surface area contributed by atoms with Crippen LogP contribution in [-0.4, -0.2) is 30.5 Å². The van der Waals surface area contributed by atoms with Crippen LogP contribution >= 0.6 is 11.6 Å². The Morgan fingerprint density at radius 1 is 1.47 bits per heavy atom. The summed E-state index contributed by atoms with van der Waals surface area (Å²) in [6.45, 7) is 3.60. The minimum absolute atomic E-state index is 0.0184. The van der Waals surface area contributed by atoms with E-state index in [9.17, 15) is 4.79 Å². The lowest BCUT2D eigenvalue weighted by Gasteiger charge is -2.16. The summed E-state index contributed by atoms with van der Waals surface area (Å²) < 4.78 is 5.48. The van der Waals surface area contributed by atoms with Crippen molar-refractivity contribution in [3.05, 3.63) is 28.8 Å². The smallest absolute Gasteiger partial charge is 0.260 e. The predicted octanol–water partition coefficient (Wildman–Crippen LogP) is 2.36. The molecule has 19 heavy (non-hydrogen) atoms. The van der Waals surface area contributed by atoms with E-state index in [1.807, 2.05) is 17.9 Å². The van der Waals surface area contributed by atoms with E-state index in [4.69, 9.17) is 22.1 Å². The number of amides is 1. The quantitative estimate of drug-likeness (QED) is 0.922. The summed E-state index contributed by atoms with van der Waals surface area (Å²) >= 11 is 6.11. The first-order valence-corrected chi connectivity index (χ1v) is 6.91. The molecule has 104 valence electrons. The highest BCUT2D eigenvalue weighted by molar-refractivity contribution is 6.32. The molecule has 0 bridgehead atoms. The molecule has 1 aromatic carbocycles. The molecule has 1 aromatic rings. The Morgan fingerprint density at radius 2 is 2.16 bits per heavy atom. The van der Waals surface area contributed by atoms with Gasteiger partial charge in [0.15, 0.2) is 6.61 Å². The van der Waals surface area contributed by atoms with Crippen LogP contribution < -0.4 is 10.5 Å². The maximum absolute atomic E-state index is 11.8. The SMILES string of the molecule is C[C@@H](N)c1ccc(OCC(=O)N2CCCC2)c(Cl)c1. The normalized spacial score (nSPS) is 16.5. The van der Waals surface area contributed by atoms with Gasteiger partial charge in [0.05, 0.1) is 5.02 Å². The summed E-state index contributed by atoms with van der Waals surface area (Å²) in [5, 5.41) is 0.490. The average molecular weight is 283 g/mol. The summed E-state index contributed by atoms with van der Waals surface area (Å²) in [6.07, 6.45) is 2.16. The van der Waals surface area contributed by atoms with E-state index in [2.05, 4.69) is 0 Å². The van der Waals surface area contributed by atoms with Gasteiger partial charge in [-0.15, -0.1) is 0 Å². The lowest BCUT2D eigenvalue weighted by molar-refractivity contribution is -0.132. The second-order valence-corrected chi connectivity index (χ2v) is 5.26. The van der Waals surface area contributed by atoms with Crippen LogP contribution in [0.4, 0.5) is 0 Å². The number of hydrogen-bond acceptors (Lipinski definition) is 3. The van der Waals surface area contributed by atoms with Gasteiger partial charge in [-0.3, -0.25) is 4.79 Å². The van der Waals surface area contributed by atoms with Gasteiger partial charge in [-0.1, -0.05) is 17.7 Å². The zero-order valence-corrected chi connectivity index (χ0v) is 11.8. The van der Waals surface area contributed by atoms with E-state index in [-0.39, 0.29) is 18.6 Å². The predicted molar refractivity (Wildman–Crippen MR) is 75.4 cm³/mol. The minimum atomic E-state index is -0.0715. The number of carbonyl (C=O) groups is 1. The first-order chi connectivity index (χ1) is 9.08. The van der Waals surface area contributed by atoms with E-state index < -0.39 is 0 Å². The van der Waals surface area contributed by atoms with Crippen LogP contribution in [0.2, 0.25) is 5.02 Å². The monoisotopic (exact) mass is 282 g/mol. The number of likely N-dealkylation sites (tertiary alicyclic amines) is 1. The molecule has 1 atom stereocenters. The summed E-state index contributed by atoms with van der Waals surface area (Å²) in [6, 6.07) is 5.34. The topological polar surface area (TPSA) is 55.6 Å². The Kier molecular flexibility index (Phi) is 4.66. The number of hydrogen-bond donors (Lipinski definition) is 1. The molecule has 1 aliphatic heterocycles. The Bertz CT molecular complexity index is 457. The number of ether oxygens (including phenoxy) is 1. The minimum Gasteiger partial charge on any atom is -0.482 e. The lowest BCUT2D eigenvalue weighted by atomic mass is 10.1. The van der Waals surface area contributed by atoms with Crippen LogP contribution in [0.25, 0.3) is 0 Å². The molecule has 1 heterocycles. The fourth-order valence-corrected chi connectivity index (χ4v) is 2.36. The molecule has 0 aromatic heterocycles. The zero-order chi connectivity index (χ0) is 13.8. The summed E-state index contributed by atoms with van der Waals surface area (Å²) in [5.41, 5.74) is 6.72. The Balaban J connectivity index is 1.94. The molecule has 1 fully saturated rings. The summed E-state index contributed by atoms with van der Waals surface area (Å²) in [7, 11) is 0. The molecule has 0 saturated carbocycles. The van der Waals surface area contributed by atoms with Crippen molar-refractivity contribution < 1.29 is 9.53 Å². The number of rotatable bonds is 4. The van der Waals surface area contributed by atoms with Crippen LogP contribution in [0.15, 0.2) is 18.2 Å². The Labute approximate surface area is 118 Å². The number of carbonyl (C=O) groups excluding carboxylic acids is 1. The first kappa shape index (κ1) is 14.2. The van der Waals surface area contributed by atoms with Crippen molar-refractivity contribution in [3.63, 3.8) is 0 Å². The van der Waals surface area contributed by atoms with Crippen LogP contribution in [0, 0.1) is 0 Å². The molecule has 1 aliphatic rings. The van der Waals surface area contributed by atoms with Crippen molar-refractivity contribution in [3.8, 4) is 5.75 Å². The third kappa shape index (κ3) is 3.61. The van der Waals surface area contributed by atoms with Gasteiger partial charge in [0.1, 0.15) is 5.75 Å². The van der Waals surface area contributed by atoms with Crippen molar-refractivity contribution in [1.82, 2.24) is 4.90 Å². The molecular formula is C14H19ClN2O2. The van der Waals surface area contributed by atoms with Crippen LogP contribution in [0.3, 0.4) is 0 Å². The van der Waals surface area contributed by atoms with Crippen LogP contribution in [0.5, 0.6) is 5.75 Å². The van der Waals surface area contributed by atoms with Crippen molar-refractivity contribution in [1.29, 1.82) is 0 Å². The number of nitrogens with zero attached hydrogens (tertiary/aromatic N) is 1. The molecule has 0 radical (unpaired) electrons. The summed E-state index contributed by atoms with van der Waals surface area (Å²) in [5.74, 6) is 0.545. The maximum atomic E-state index is 11.8. The third-order valence-electron chi connectivity index (χ3n) is 3.29. The van der Waals surface area contributed by atoms with Gasteiger partial charge >= 0.3 is 0 Å². The van der Waals surface area contributed by atoms with Crippen LogP contribution in [0.1, 0.15) is 31.4 Å². The molecule has 2 rings (SSSR count). The summed E-state index contributed by atoms with van der Waals surface area (Å²) in [4.78, 5) is 13.7. The van der Waals surface area contributed by atoms with E-state index in [1.165, 1.54) is 0 Å². The molecule has 0 aliphatic carbocycles. The number of halogens is 1. The molecule has 1 amide bonds. The molecule has 0 unspecified atom stereocenters. The van der Waals surface area contributed by atoms with Crippen molar-refractivity contribution >= 4 is 17.5 Å². The van der Waals surface area contributed by atoms with E-state index in [0.29, 0.717) is 10.8 Å². The fraction of sp³-hybridized carbons (Fsp3) is 0.500. The molecule has 2 N–H and O–H groups in total. The van der Waals surface area contributed by atoms with E-state index in [0.717, 1.165) is 31.5 Å². The first-order valence-electron chi connectivity index (χ1n) is 6.53. The second kappa shape index (κ2) is 6.26. The van der Waals surface area contributed by atoms with Gasteiger partial charge in [0.2, 0.25) is 0 Å². The molecule has 1 saturated heterocycles. The number of nitrogens with two attached hydrogens (primary N) is 1. The van der Waals surface area contributed by atoms with Crippen molar-refractivity contribution in [2.45, 2.75) is 25.8 Å². The largest absolute Gasteiger partial charge is 0.482 e. The second-order valence-electron chi connectivity index (χ2n) is 4.86. The van der Waals surface area contributed by atoms with Crippen molar-refractivity contribution in [2.75, 3.05) is 19.7 Å². The van der Waals surface area contributed by atoms with Crippen molar-refractivity contribution in [2.24, 2.45) is 5.73 Å². The zero-order valence-electron chi connectivity index (χ0n) is 11.1. The van der Waals surface area contributed by atoms with Crippen LogP contribution in [-0.2, 0) is 4.79 Å². The third-order valence-corrected chi connectivity index (χ3v) is 3.59. The van der Waals surface area contributed by atoms with Gasteiger partial charge in [-0.25, -0.2) is 0 Å². The number of benzene rings is 1. The molecule has 0 spiro atoms. The van der Waals surface area contributed by atoms with Gasteiger partial charge < -0.3 is 15.4 Å². The van der Waals surface area contributed by atoms with Gasteiger partial charge in [-0.2, -0.15) is 0 Å². The average Bonchev–Trinajstić information content (AvgIpc) is 2.90.